The highest BCUT2D eigenvalue weighted by atomic mass is 35.5. The minimum Gasteiger partial charge on any atom is -0.477 e. The van der Waals surface area contributed by atoms with Crippen LogP contribution in [0.4, 0.5) is 0 Å². The number of carbonyl (C=O) groups is 1. The van der Waals surface area contributed by atoms with Crippen LogP contribution in [-0.2, 0) is 0 Å². The maximum Gasteiger partial charge on any atom is 0.345 e. The van der Waals surface area contributed by atoms with Crippen molar-refractivity contribution >= 4 is 39.9 Å². The van der Waals surface area contributed by atoms with Crippen LogP contribution in [0.1, 0.15) is 9.67 Å². The van der Waals surface area contributed by atoms with Crippen LogP contribution < -0.4 is 0 Å². The van der Waals surface area contributed by atoms with Crippen LogP contribution in [0.2, 0.25) is 5.02 Å². The van der Waals surface area contributed by atoms with Crippen molar-refractivity contribution < 1.29 is 14.3 Å². The first-order chi connectivity index (χ1) is 8.65. The molecule has 0 atom stereocenters. The summed E-state index contributed by atoms with van der Waals surface area (Å²) in [5.41, 5.74) is 0.624. The topological polar surface area (TPSA) is 50.4 Å². The molecule has 0 saturated heterocycles. The van der Waals surface area contributed by atoms with Crippen LogP contribution >= 0.6 is 22.9 Å². The van der Waals surface area contributed by atoms with Gasteiger partial charge in [-0.05, 0) is 24.3 Å². The molecule has 0 aliphatic carbocycles. The third kappa shape index (κ3) is 1.79. The van der Waals surface area contributed by atoms with Gasteiger partial charge in [-0.15, -0.1) is 11.3 Å². The monoisotopic (exact) mass is 278 g/mol. The van der Waals surface area contributed by atoms with E-state index >= 15 is 0 Å². The smallest absolute Gasteiger partial charge is 0.345 e. The van der Waals surface area contributed by atoms with Crippen molar-refractivity contribution in [1.82, 2.24) is 0 Å². The van der Waals surface area contributed by atoms with Gasteiger partial charge in [0.2, 0.25) is 0 Å². The van der Waals surface area contributed by atoms with Gasteiger partial charge in [0, 0.05) is 5.39 Å². The fraction of sp³-hybridized carbons (Fsp3) is 0. The summed E-state index contributed by atoms with van der Waals surface area (Å²) < 4.78 is 5.66. The van der Waals surface area contributed by atoms with E-state index in [0.717, 1.165) is 10.3 Å². The number of halogens is 1. The SMILES string of the molecule is O=C(O)c1ccc(-c2cc3cccc(Cl)c3o2)s1. The van der Waals surface area contributed by atoms with E-state index in [4.69, 9.17) is 21.1 Å². The van der Waals surface area contributed by atoms with E-state index in [1.807, 2.05) is 18.2 Å². The Kier molecular flexibility index (Phi) is 2.61. The van der Waals surface area contributed by atoms with Crippen molar-refractivity contribution in [2.24, 2.45) is 0 Å². The van der Waals surface area contributed by atoms with Crippen molar-refractivity contribution in [2.45, 2.75) is 0 Å². The highest BCUT2D eigenvalue weighted by Gasteiger charge is 2.13. The van der Waals surface area contributed by atoms with Crippen LogP contribution in [0.25, 0.3) is 21.6 Å². The summed E-state index contributed by atoms with van der Waals surface area (Å²) in [4.78, 5) is 11.9. The lowest BCUT2D eigenvalue weighted by Gasteiger charge is -1.90. The molecule has 0 radical (unpaired) electrons. The predicted molar refractivity (Wildman–Crippen MR) is 71.5 cm³/mol. The maximum atomic E-state index is 10.8. The molecule has 0 saturated carbocycles. The number of thiophene rings is 1. The number of aromatic carboxylic acids is 1. The minimum absolute atomic E-state index is 0.288. The molecule has 2 heterocycles. The predicted octanol–water partition coefficient (Wildman–Crippen LogP) is 4.51. The van der Waals surface area contributed by atoms with Gasteiger partial charge in [0.05, 0.1) is 9.90 Å². The summed E-state index contributed by atoms with van der Waals surface area (Å²) >= 11 is 7.21. The fourth-order valence-corrected chi connectivity index (χ4v) is 2.75. The van der Waals surface area contributed by atoms with E-state index < -0.39 is 5.97 Å². The van der Waals surface area contributed by atoms with E-state index in [2.05, 4.69) is 0 Å². The first-order valence-electron chi connectivity index (χ1n) is 5.17. The van der Waals surface area contributed by atoms with Crippen LogP contribution in [0.3, 0.4) is 0 Å². The van der Waals surface area contributed by atoms with Gasteiger partial charge in [-0.3, -0.25) is 0 Å². The molecule has 18 heavy (non-hydrogen) atoms. The van der Waals surface area contributed by atoms with Crippen molar-refractivity contribution in [3.8, 4) is 10.6 Å². The molecule has 90 valence electrons. The van der Waals surface area contributed by atoms with E-state index in [1.54, 1.807) is 18.2 Å². The molecule has 2 aromatic heterocycles. The zero-order chi connectivity index (χ0) is 12.7. The molecule has 1 aromatic carbocycles. The number of hydrogen-bond acceptors (Lipinski definition) is 3. The van der Waals surface area contributed by atoms with E-state index in [1.165, 1.54) is 11.3 Å². The van der Waals surface area contributed by atoms with E-state index in [0.29, 0.717) is 16.4 Å². The second-order valence-electron chi connectivity index (χ2n) is 3.74. The van der Waals surface area contributed by atoms with Crippen molar-refractivity contribution in [3.63, 3.8) is 0 Å². The average Bonchev–Trinajstić information content (AvgIpc) is 2.95. The minimum atomic E-state index is -0.930. The Morgan fingerprint density at radius 2 is 2.11 bits per heavy atom. The molecule has 3 aromatic rings. The Morgan fingerprint density at radius 3 is 2.78 bits per heavy atom. The first-order valence-corrected chi connectivity index (χ1v) is 6.36. The molecule has 3 nitrogen and oxygen atoms in total. The summed E-state index contributed by atoms with van der Waals surface area (Å²) in [5, 5.41) is 10.3. The van der Waals surface area contributed by atoms with Gasteiger partial charge in [0.1, 0.15) is 10.6 Å². The van der Waals surface area contributed by atoms with Gasteiger partial charge in [-0.1, -0.05) is 23.7 Å². The van der Waals surface area contributed by atoms with Crippen LogP contribution in [0, 0.1) is 0 Å². The molecule has 0 aliphatic heterocycles. The molecule has 3 rings (SSSR count). The Morgan fingerprint density at radius 1 is 1.28 bits per heavy atom. The summed E-state index contributed by atoms with van der Waals surface area (Å²) in [6.45, 7) is 0. The molecule has 0 unspecified atom stereocenters. The lowest BCUT2D eigenvalue weighted by molar-refractivity contribution is 0.0702. The zero-order valence-electron chi connectivity index (χ0n) is 9.01. The Balaban J connectivity index is 2.13. The molecular weight excluding hydrogens is 272 g/mol. The molecule has 1 N–H and O–H groups in total. The van der Waals surface area contributed by atoms with Crippen molar-refractivity contribution in [3.05, 3.63) is 46.3 Å². The standard InChI is InChI=1S/C13H7ClO3S/c14-8-3-1-2-7-6-9(17-12(7)8)10-4-5-11(18-10)13(15)16/h1-6H,(H,15,16). The molecule has 0 aliphatic rings. The first kappa shape index (κ1) is 11.3. The number of furan rings is 1. The van der Waals surface area contributed by atoms with Crippen molar-refractivity contribution in [1.29, 1.82) is 0 Å². The molecule has 5 heteroatoms. The van der Waals surface area contributed by atoms with Crippen LogP contribution in [0.15, 0.2) is 40.8 Å². The number of carboxylic acid groups (broad SMARTS) is 1. The number of carboxylic acids is 1. The van der Waals surface area contributed by atoms with Gasteiger partial charge in [-0.25, -0.2) is 4.79 Å². The number of fused-ring (bicyclic) bond motifs is 1. The Hall–Kier alpha value is -1.78. The number of rotatable bonds is 2. The Bertz CT molecular complexity index is 742. The second-order valence-corrected chi connectivity index (χ2v) is 5.23. The summed E-state index contributed by atoms with van der Waals surface area (Å²) in [5.74, 6) is -0.295. The van der Waals surface area contributed by atoms with Gasteiger partial charge in [-0.2, -0.15) is 0 Å². The largest absolute Gasteiger partial charge is 0.477 e. The molecular formula is C13H7ClO3S. The molecule has 0 bridgehead atoms. The van der Waals surface area contributed by atoms with Crippen LogP contribution in [-0.4, -0.2) is 11.1 Å². The normalized spacial score (nSPS) is 10.9. The highest BCUT2D eigenvalue weighted by Crippen LogP contribution is 2.35. The summed E-state index contributed by atoms with van der Waals surface area (Å²) in [6.07, 6.45) is 0. The number of benzene rings is 1. The Labute approximate surface area is 111 Å². The molecule has 0 fully saturated rings. The number of hydrogen-bond donors (Lipinski definition) is 1. The maximum absolute atomic E-state index is 10.8. The lowest BCUT2D eigenvalue weighted by Crippen LogP contribution is -1.89. The molecule has 0 amide bonds. The summed E-state index contributed by atoms with van der Waals surface area (Å²) in [6, 6.07) is 10.7. The number of para-hydroxylation sites is 1. The van der Waals surface area contributed by atoms with Gasteiger partial charge < -0.3 is 9.52 Å². The highest BCUT2D eigenvalue weighted by molar-refractivity contribution is 7.17. The third-order valence-electron chi connectivity index (χ3n) is 2.56. The third-order valence-corrected chi connectivity index (χ3v) is 3.94. The van der Waals surface area contributed by atoms with Gasteiger partial charge in [0.15, 0.2) is 5.58 Å². The van der Waals surface area contributed by atoms with E-state index in [-0.39, 0.29) is 4.88 Å². The average molecular weight is 279 g/mol. The zero-order valence-corrected chi connectivity index (χ0v) is 10.6. The molecule has 0 spiro atoms. The van der Waals surface area contributed by atoms with E-state index in [9.17, 15) is 4.79 Å². The quantitative estimate of drug-likeness (QED) is 0.750. The van der Waals surface area contributed by atoms with Crippen LogP contribution in [0.5, 0.6) is 0 Å². The second kappa shape index (κ2) is 4.15. The fourth-order valence-electron chi connectivity index (χ4n) is 1.73. The van der Waals surface area contributed by atoms with Gasteiger partial charge >= 0.3 is 5.97 Å². The van der Waals surface area contributed by atoms with Gasteiger partial charge in [0.25, 0.3) is 0 Å². The lowest BCUT2D eigenvalue weighted by atomic mass is 10.2. The summed E-state index contributed by atoms with van der Waals surface area (Å²) in [7, 11) is 0. The van der Waals surface area contributed by atoms with Crippen molar-refractivity contribution in [2.75, 3.05) is 0 Å².